The standard InChI is InChI=1S/C61H105N3O16/c1-17-45-60(12,73)50(68)37(6)64(26-18-25-62-55(71)61(75-16)24-22-42-41-20-19-39-28-40(65)21-23-56(39,8)47(41)44(66)30-57(42,61)9)32-33(2)29-58(10,72)52(80-54-48(67)43(63(13)14)27-34(3)76-54)35(4)49(36(5)53(70)78-45)79-46-31-59(11,74-15)51(69)38(7)77-46/h19,33-38,41-52,54,66-69,72-73H,17-18,20-32H2,1-16H3,(H,62,71)/t33-,34-,35+,36-,37-,38?,41?,42?,43-,44+,45-,46-,47?,48-,49+,50-,51-,52-,54+,56+,57+,58-,59+,60-,61+/m1/s1. The molecule has 3 heterocycles. The number of aliphatic hydroxyl groups is 6. The van der Waals surface area contributed by atoms with Crippen LogP contribution in [0.1, 0.15) is 160 Å². The highest BCUT2D eigenvalue weighted by atomic mass is 16.7. The van der Waals surface area contributed by atoms with Gasteiger partial charge in [0.05, 0.1) is 47.6 Å². The number of ether oxygens (including phenoxy) is 7. The summed E-state index contributed by atoms with van der Waals surface area (Å²) in [6.45, 7) is 22.8. The Morgan fingerprint density at radius 2 is 1.59 bits per heavy atom. The minimum atomic E-state index is -1.96. The molecule has 25 atom stereocenters. The second kappa shape index (κ2) is 25.0. The number of aliphatic hydroxyl groups excluding tert-OH is 4. The fraction of sp³-hybridized carbons (Fsp3) is 0.918. The second-order valence-electron chi connectivity index (χ2n) is 27.5. The van der Waals surface area contributed by atoms with Crippen LogP contribution in [-0.4, -0.2) is 208 Å². The van der Waals surface area contributed by atoms with Gasteiger partial charge in [0, 0.05) is 76.5 Å². The van der Waals surface area contributed by atoms with E-state index in [1.54, 1.807) is 41.7 Å². The van der Waals surface area contributed by atoms with E-state index < -0.39 is 113 Å². The lowest BCUT2D eigenvalue weighted by Gasteiger charge is -2.60. The lowest BCUT2D eigenvalue weighted by Crippen LogP contribution is -2.64. The number of nitrogens with zero attached hydrogens (tertiary/aromatic N) is 2. The minimum absolute atomic E-state index is 0.00300. The van der Waals surface area contributed by atoms with Crippen molar-refractivity contribution in [2.75, 3.05) is 47.9 Å². The molecule has 3 saturated carbocycles. The van der Waals surface area contributed by atoms with Crippen molar-refractivity contribution in [3.05, 3.63) is 11.6 Å². The van der Waals surface area contributed by atoms with Crippen molar-refractivity contribution in [1.82, 2.24) is 15.1 Å². The smallest absolute Gasteiger partial charge is 0.311 e. The Labute approximate surface area is 477 Å². The molecule has 7 aliphatic rings. The Morgan fingerprint density at radius 3 is 2.23 bits per heavy atom. The Hall–Kier alpha value is -2.21. The molecule has 7 rings (SSSR count). The van der Waals surface area contributed by atoms with Crippen LogP contribution >= 0.6 is 0 Å². The van der Waals surface area contributed by atoms with Crippen LogP contribution in [0.25, 0.3) is 0 Å². The van der Waals surface area contributed by atoms with Crippen LogP contribution in [0.2, 0.25) is 0 Å². The fourth-order valence-corrected chi connectivity index (χ4v) is 16.9. The Morgan fingerprint density at radius 1 is 0.900 bits per heavy atom. The predicted molar refractivity (Wildman–Crippen MR) is 299 cm³/mol. The fourth-order valence-electron chi connectivity index (χ4n) is 16.9. The lowest BCUT2D eigenvalue weighted by atomic mass is 9.46. The number of hydrogen-bond donors (Lipinski definition) is 7. The number of Topliss-reactive ketones (excluding diaryl/α,β-unsaturated/α-hetero) is 1. The average molecular weight is 1140 g/mol. The van der Waals surface area contributed by atoms with Crippen molar-refractivity contribution < 1.29 is 78.2 Å². The molecule has 7 N–H and O–H groups in total. The summed E-state index contributed by atoms with van der Waals surface area (Å²) >= 11 is 0. The highest BCUT2D eigenvalue weighted by Crippen LogP contribution is 2.68. The number of likely N-dealkylation sites (N-methyl/N-ethyl adjacent to an activating group) is 1. The monoisotopic (exact) mass is 1140 g/mol. The Bertz CT molecular complexity index is 2180. The summed E-state index contributed by atoms with van der Waals surface area (Å²) < 4.78 is 44.8. The van der Waals surface area contributed by atoms with Gasteiger partial charge in [-0.15, -0.1) is 0 Å². The molecule has 460 valence electrons. The molecule has 0 aromatic heterocycles. The van der Waals surface area contributed by atoms with Crippen LogP contribution in [0.5, 0.6) is 0 Å². The normalized spacial score (nSPS) is 49.1. The number of rotatable bonds is 13. The first-order valence-electron chi connectivity index (χ1n) is 30.3. The molecule has 4 aliphatic carbocycles. The van der Waals surface area contributed by atoms with Crippen molar-refractivity contribution in [1.29, 1.82) is 0 Å². The molecule has 19 heteroatoms. The molecule has 3 saturated heterocycles. The molecule has 80 heavy (non-hydrogen) atoms. The number of nitrogens with one attached hydrogen (secondary N) is 1. The van der Waals surface area contributed by atoms with Gasteiger partial charge < -0.3 is 74.0 Å². The van der Waals surface area contributed by atoms with Crippen LogP contribution in [0.3, 0.4) is 0 Å². The highest BCUT2D eigenvalue weighted by molar-refractivity contribution is 5.87. The van der Waals surface area contributed by atoms with Crippen LogP contribution in [0.15, 0.2) is 11.6 Å². The number of methoxy groups -OCH3 is 2. The molecule has 0 aromatic rings. The summed E-state index contributed by atoms with van der Waals surface area (Å²) in [6.07, 6.45) is -3.21. The third kappa shape index (κ3) is 12.3. The average Bonchev–Trinajstić information content (AvgIpc) is 3.35. The zero-order valence-corrected chi connectivity index (χ0v) is 51.3. The van der Waals surface area contributed by atoms with Gasteiger partial charge in [-0.25, -0.2) is 0 Å². The van der Waals surface area contributed by atoms with Crippen LogP contribution < -0.4 is 5.32 Å². The first-order valence-corrected chi connectivity index (χ1v) is 30.3. The number of carbonyl (C=O) groups is 3. The Balaban J connectivity index is 1.16. The van der Waals surface area contributed by atoms with E-state index in [4.69, 9.17) is 33.2 Å². The number of ketones is 1. The molecule has 0 aromatic carbocycles. The van der Waals surface area contributed by atoms with Gasteiger partial charge in [-0.1, -0.05) is 46.3 Å². The van der Waals surface area contributed by atoms with E-state index in [9.17, 15) is 45.0 Å². The summed E-state index contributed by atoms with van der Waals surface area (Å²) in [5, 5.41) is 76.2. The zero-order chi connectivity index (χ0) is 59.4. The summed E-state index contributed by atoms with van der Waals surface area (Å²) in [6, 6.07) is -1.07. The van der Waals surface area contributed by atoms with E-state index >= 15 is 0 Å². The number of cyclic esters (lactones) is 1. The van der Waals surface area contributed by atoms with Crippen molar-refractivity contribution in [3.63, 3.8) is 0 Å². The number of hydrogen-bond acceptors (Lipinski definition) is 18. The van der Waals surface area contributed by atoms with Gasteiger partial charge in [-0.2, -0.15) is 0 Å². The number of carbonyl (C=O) groups excluding carboxylic acids is 3. The van der Waals surface area contributed by atoms with Gasteiger partial charge >= 0.3 is 5.97 Å². The van der Waals surface area contributed by atoms with Gasteiger partial charge in [0.15, 0.2) is 18.2 Å². The van der Waals surface area contributed by atoms with E-state index in [0.29, 0.717) is 51.6 Å². The minimum Gasteiger partial charge on any atom is -0.459 e. The maximum absolute atomic E-state index is 14.8. The van der Waals surface area contributed by atoms with E-state index in [2.05, 4.69) is 25.2 Å². The molecule has 0 spiro atoms. The zero-order valence-electron chi connectivity index (χ0n) is 51.3. The second-order valence-corrected chi connectivity index (χ2v) is 27.5. The molecular formula is C61H105N3O16. The predicted octanol–water partition coefficient (Wildman–Crippen LogP) is 4.67. The van der Waals surface area contributed by atoms with Gasteiger partial charge in [-0.05, 0) is 149 Å². The summed E-state index contributed by atoms with van der Waals surface area (Å²) in [7, 11) is 6.85. The third-order valence-electron chi connectivity index (χ3n) is 21.6. The van der Waals surface area contributed by atoms with Crippen molar-refractivity contribution in [3.8, 4) is 0 Å². The first kappa shape index (κ1) is 65.3. The van der Waals surface area contributed by atoms with Crippen molar-refractivity contribution >= 4 is 17.7 Å². The van der Waals surface area contributed by atoms with E-state index in [1.807, 2.05) is 51.6 Å². The molecule has 0 radical (unpaired) electrons. The molecule has 19 nitrogen and oxygen atoms in total. The molecule has 6 fully saturated rings. The lowest BCUT2D eigenvalue weighted by molar-refractivity contribution is -0.318. The highest BCUT2D eigenvalue weighted by Gasteiger charge is 2.69. The summed E-state index contributed by atoms with van der Waals surface area (Å²) in [5.41, 5.74) is -5.69. The molecular weight excluding hydrogens is 1030 g/mol. The van der Waals surface area contributed by atoms with E-state index in [1.165, 1.54) is 14.0 Å². The van der Waals surface area contributed by atoms with Crippen molar-refractivity contribution in [2.24, 2.45) is 46.3 Å². The number of amides is 1. The van der Waals surface area contributed by atoms with Gasteiger partial charge in [0.25, 0.3) is 5.91 Å². The number of esters is 1. The SMILES string of the molecule is CC[C@H]1OC(=O)[C@H](C)[C@@H](O[C@@H]2C[C@](C)(OC)[C@H](O)C(C)O2)[C@H](C)[C@@H](O[C@@H]2O[C@H](C)C[C@@H](N(C)C)[C@H]2O)[C@](C)(O)C[C@@H](C)CN(CCCNC(=O)[C@@]2(OC)CCC3C4CC=C5CC(=O)CC[C@]5(C)C4[C@@H](O)C[C@@]32C)[C@H](C)[C@@H](O)[C@]1(C)O. The quantitative estimate of drug-likeness (QED) is 0.0752. The van der Waals surface area contributed by atoms with Crippen LogP contribution in [0.4, 0.5) is 0 Å². The topological polar surface area (TPSA) is 256 Å². The molecule has 4 unspecified atom stereocenters. The largest absolute Gasteiger partial charge is 0.459 e. The molecule has 1 amide bonds. The van der Waals surface area contributed by atoms with Gasteiger partial charge in [-0.3, -0.25) is 19.3 Å². The van der Waals surface area contributed by atoms with Gasteiger partial charge in [0.1, 0.15) is 35.8 Å². The third-order valence-corrected chi connectivity index (χ3v) is 21.6. The van der Waals surface area contributed by atoms with E-state index in [-0.39, 0.29) is 78.7 Å². The number of fused-ring (bicyclic) bond motifs is 5. The van der Waals surface area contributed by atoms with Gasteiger partial charge in [0.2, 0.25) is 0 Å². The Kier molecular flexibility index (Phi) is 20.4. The van der Waals surface area contributed by atoms with Crippen LogP contribution in [0, 0.1) is 46.3 Å². The maximum Gasteiger partial charge on any atom is 0.311 e. The first-order chi connectivity index (χ1) is 37.3. The van der Waals surface area contributed by atoms with E-state index in [0.717, 1.165) is 24.8 Å². The molecule has 3 aliphatic heterocycles. The summed E-state index contributed by atoms with van der Waals surface area (Å²) in [5.74, 6) is -2.70. The maximum atomic E-state index is 14.8. The van der Waals surface area contributed by atoms with Crippen molar-refractivity contribution in [2.45, 2.75) is 262 Å². The number of allylic oxidation sites excluding steroid dienone is 2. The summed E-state index contributed by atoms with van der Waals surface area (Å²) in [4.78, 5) is 46.0. The van der Waals surface area contributed by atoms with Crippen LogP contribution in [-0.2, 0) is 47.5 Å². The molecule has 0 bridgehead atoms.